The minimum atomic E-state index is -0.256. The number of amides is 1. The fourth-order valence-corrected chi connectivity index (χ4v) is 2.06. The Hall–Kier alpha value is -2.43. The lowest BCUT2D eigenvalue weighted by atomic mass is 10.2. The molecule has 1 saturated carbocycles. The van der Waals surface area contributed by atoms with Gasteiger partial charge in [0.2, 0.25) is 0 Å². The highest BCUT2D eigenvalue weighted by Gasteiger charge is 2.25. The monoisotopic (exact) mass is 283 g/mol. The highest BCUT2D eigenvalue weighted by atomic mass is 16.5. The van der Waals surface area contributed by atoms with Gasteiger partial charge in [0.25, 0.3) is 5.91 Å². The fourth-order valence-electron chi connectivity index (χ4n) is 2.06. The van der Waals surface area contributed by atoms with E-state index >= 15 is 0 Å². The number of anilines is 1. The average Bonchev–Trinajstić information content (AvgIpc) is 3.34. The maximum absolute atomic E-state index is 12.1. The van der Waals surface area contributed by atoms with E-state index in [2.05, 4.69) is 15.5 Å². The van der Waals surface area contributed by atoms with Crippen LogP contribution in [0.2, 0.25) is 0 Å². The summed E-state index contributed by atoms with van der Waals surface area (Å²) < 4.78 is 5.36. The normalized spacial score (nSPS) is 13.8. The standard InChI is InChI=1S/C16H17N3O2/c1-2-21-13-7-5-12(6-8-13)17-16(20)15-10-9-14(18-19-15)11-3-4-11/h5-11H,2-4H2,1H3,(H,17,20). The average molecular weight is 283 g/mol. The Bertz CT molecular complexity index is 619. The number of nitrogens with one attached hydrogen (secondary N) is 1. The summed E-state index contributed by atoms with van der Waals surface area (Å²) in [5.74, 6) is 1.07. The molecule has 5 heteroatoms. The van der Waals surface area contributed by atoms with Gasteiger partial charge >= 0.3 is 0 Å². The smallest absolute Gasteiger partial charge is 0.276 e. The molecule has 2 aromatic rings. The van der Waals surface area contributed by atoms with Crippen molar-refractivity contribution in [3.63, 3.8) is 0 Å². The lowest BCUT2D eigenvalue weighted by Crippen LogP contribution is -2.14. The van der Waals surface area contributed by atoms with Gasteiger partial charge in [-0.15, -0.1) is 5.10 Å². The summed E-state index contributed by atoms with van der Waals surface area (Å²) in [7, 11) is 0. The third-order valence-electron chi connectivity index (χ3n) is 3.34. The Morgan fingerprint density at radius 1 is 1.19 bits per heavy atom. The molecule has 1 N–H and O–H groups in total. The summed E-state index contributed by atoms with van der Waals surface area (Å²) in [5, 5.41) is 10.9. The number of hydrogen-bond donors (Lipinski definition) is 1. The van der Waals surface area contributed by atoms with E-state index in [1.165, 1.54) is 12.8 Å². The van der Waals surface area contributed by atoms with Gasteiger partial charge in [-0.3, -0.25) is 4.79 Å². The Kier molecular flexibility index (Phi) is 3.81. The van der Waals surface area contributed by atoms with Gasteiger partial charge in [-0.05, 0) is 56.2 Å². The molecule has 0 atom stereocenters. The number of nitrogens with zero attached hydrogens (tertiary/aromatic N) is 2. The zero-order chi connectivity index (χ0) is 14.7. The maximum atomic E-state index is 12.1. The first-order valence-electron chi connectivity index (χ1n) is 7.14. The molecule has 21 heavy (non-hydrogen) atoms. The predicted octanol–water partition coefficient (Wildman–Crippen LogP) is 3.01. The Balaban J connectivity index is 1.64. The summed E-state index contributed by atoms with van der Waals surface area (Å²) >= 11 is 0. The van der Waals surface area contributed by atoms with Gasteiger partial charge < -0.3 is 10.1 Å². The second-order valence-electron chi connectivity index (χ2n) is 5.03. The van der Waals surface area contributed by atoms with Crippen molar-refractivity contribution in [1.29, 1.82) is 0 Å². The van der Waals surface area contributed by atoms with Crippen LogP contribution in [0.25, 0.3) is 0 Å². The second kappa shape index (κ2) is 5.91. The van der Waals surface area contributed by atoms with Crippen molar-refractivity contribution < 1.29 is 9.53 Å². The molecule has 3 rings (SSSR count). The molecule has 1 aliphatic carbocycles. The van der Waals surface area contributed by atoms with Gasteiger partial charge in [-0.1, -0.05) is 0 Å². The van der Waals surface area contributed by atoms with Crippen molar-refractivity contribution in [3.05, 3.63) is 47.8 Å². The van der Waals surface area contributed by atoms with Crippen LogP contribution >= 0.6 is 0 Å². The van der Waals surface area contributed by atoms with Crippen LogP contribution < -0.4 is 10.1 Å². The zero-order valence-corrected chi connectivity index (χ0v) is 11.9. The lowest BCUT2D eigenvalue weighted by Gasteiger charge is -2.06. The number of ether oxygens (including phenoxy) is 1. The molecule has 1 aromatic heterocycles. The molecule has 1 aromatic carbocycles. The minimum absolute atomic E-state index is 0.256. The van der Waals surface area contributed by atoms with E-state index in [4.69, 9.17) is 4.74 Å². The van der Waals surface area contributed by atoms with Gasteiger partial charge in [0, 0.05) is 11.6 Å². The molecule has 1 fully saturated rings. The molecule has 0 unspecified atom stereocenters. The van der Waals surface area contributed by atoms with Crippen LogP contribution in [0.1, 0.15) is 41.9 Å². The molecular formula is C16H17N3O2. The maximum Gasteiger partial charge on any atom is 0.276 e. The Morgan fingerprint density at radius 2 is 1.95 bits per heavy atom. The van der Waals surface area contributed by atoms with Crippen LogP contribution in [0.3, 0.4) is 0 Å². The highest BCUT2D eigenvalue weighted by Crippen LogP contribution is 2.38. The van der Waals surface area contributed by atoms with E-state index in [0.29, 0.717) is 23.9 Å². The van der Waals surface area contributed by atoms with Crippen molar-refractivity contribution in [2.24, 2.45) is 0 Å². The van der Waals surface area contributed by atoms with Gasteiger partial charge in [-0.25, -0.2) is 0 Å². The van der Waals surface area contributed by atoms with Gasteiger partial charge in [0.05, 0.1) is 12.3 Å². The van der Waals surface area contributed by atoms with Crippen LogP contribution in [-0.4, -0.2) is 22.7 Å². The lowest BCUT2D eigenvalue weighted by molar-refractivity contribution is 0.102. The molecule has 0 bridgehead atoms. The van der Waals surface area contributed by atoms with Crippen molar-refractivity contribution in [2.75, 3.05) is 11.9 Å². The number of hydrogen-bond acceptors (Lipinski definition) is 4. The molecule has 1 amide bonds. The molecule has 0 radical (unpaired) electrons. The molecule has 1 heterocycles. The van der Waals surface area contributed by atoms with Crippen LogP contribution in [0, 0.1) is 0 Å². The summed E-state index contributed by atoms with van der Waals surface area (Å²) in [5.41, 5.74) is 2.01. The third-order valence-corrected chi connectivity index (χ3v) is 3.34. The van der Waals surface area contributed by atoms with Crippen LogP contribution in [-0.2, 0) is 0 Å². The number of aromatic nitrogens is 2. The van der Waals surface area contributed by atoms with E-state index in [1.807, 2.05) is 25.1 Å². The Labute approximate surface area is 123 Å². The highest BCUT2D eigenvalue weighted by molar-refractivity contribution is 6.02. The number of rotatable bonds is 5. The zero-order valence-electron chi connectivity index (χ0n) is 11.9. The summed E-state index contributed by atoms with van der Waals surface area (Å²) in [4.78, 5) is 12.1. The molecule has 1 aliphatic rings. The van der Waals surface area contributed by atoms with E-state index in [1.54, 1.807) is 18.2 Å². The van der Waals surface area contributed by atoms with Crippen LogP contribution in [0.4, 0.5) is 5.69 Å². The van der Waals surface area contributed by atoms with Gasteiger partial charge in [0.15, 0.2) is 5.69 Å². The first-order valence-corrected chi connectivity index (χ1v) is 7.14. The van der Waals surface area contributed by atoms with Gasteiger partial charge in [-0.2, -0.15) is 5.10 Å². The minimum Gasteiger partial charge on any atom is -0.494 e. The summed E-state index contributed by atoms with van der Waals surface area (Å²) in [6.45, 7) is 2.55. The van der Waals surface area contributed by atoms with E-state index in [0.717, 1.165) is 11.4 Å². The quantitative estimate of drug-likeness (QED) is 0.916. The van der Waals surface area contributed by atoms with Crippen molar-refractivity contribution in [3.8, 4) is 5.75 Å². The summed E-state index contributed by atoms with van der Waals surface area (Å²) in [6, 6.07) is 10.9. The van der Waals surface area contributed by atoms with Crippen molar-refractivity contribution in [2.45, 2.75) is 25.7 Å². The molecule has 108 valence electrons. The first-order chi connectivity index (χ1) is 10.3. The van der Waals surface area contributed by atoms with E-state index < -0.39 is 0 Å². The van der Waals surface area contributed by atoms with Crippen molar-refractivity contribution in [1.82, 2.24) is 10.2 Å². The molecule has 0 spiro atoms. The van der Waals surface area contributed by atoms with E-state index in [9.17, 15) is 4.79 Å². The van der Waals surface area contributed by atoms with Crippen LogP contribution in [0.15, 0.2) is 36.4 Å². The topological polar surface area (TPSA) is 64.1 Å². The SMILES string of the molecule is CCOc1ccc(NC(=O)c2ccc(C3CC3)nn2)cc1. The van der Waals surface area contributed by atoms with Gasteiger partial charge in [0.1, 0.15) is 5.75 Å². The largest absolute Gasteiger partial charge is 0.494 e. The molecule has 0 saturated heterocycles. The van der Waals surface area contributed by atoms with E-state index in [-0.39, 0.29) is 5.91 Å². The number of carbonyl (C=O) groups is 1. The molecule has 0 aliphatic heterocycles. The second-order valence-corrected chi connectivity index (χ2v) is 5.03. The first kappa shape index (κ1) is 13.5. The van der Waals surface area contributed by atoms with Crippen LogP contribution in [0.5, 0.6) is 5.75 Å². The van der Waals surface area contributed by atoms with Crippen molar-refractivity contribution >= 4 is 11.6 Å². The number of benzene rings is 1. The molecular weight excluding hydrogens is 266 g/mol. The predicted molar refractivity (Wildman–Crippen MR) is 79.6 cm³/mol. The Morgan fingerprint density at radius 3 is 2.52 bits per heavy atom. The summed E-state index contributed by atoms with van der Waals surface area (Å²) in [6.07, 6.45) is 2.35. The fraction of sp³-hybridized carbons (Fsp3) is 0.312. The third kappa shape index (κ3) is 3.37. The molecule has 5 nitrogen and oxygen atoms in total. The number of carbonyl (C=O) groups excluding carboxylic acids is 1.